The van der Waals surface area contributed by atoms with Crippen molar-refractivity contribution in [3.05, 3.63) is 106 Å². The smallest absolute Gasteiger partial charge is 0.266 e. The molecule has 5 aromatic rings. The Morgan fingerprint density at radius 1 is 0.871 bits per heavy atom. The van der Waals surface area contributed by atoms with Gasteiger partial charge in [-0.05, 0) is 56.3 Å². The molecule has 0 saturated heterocycles. The maximum atomic E-state index is 13.4. The van der Waals surface area contributed by atoms with E-state index in [2.05, 4.69) is 48.0 Å². The highest BCUT2D eigenvalue weighted by atomic mass is 16.1. The van der Waals surface area contributed by atoms with Crippen molar-refractivity contribution in [2.75, 3.05) is 0 Å². The molecule has 0 fully saturated rings. The molecule has 2 heterocycles. The Labute approximate surface area is 180 Å². The van der Waals surface area contributed by atoms with Crippen LogP contribution in [0.4, 0.5) is 0 Å². The molecular weight excluding hydrogens is 382 g/mol. The third kappa shape index (κ3) is 3.36. The lowest BCUT2D eigenvalue weighted by Crippen LogP contribution is -2.22. The zero-order chi connectivity index (χ0) is 21.4. The van der Waals surface area contributed by atoms with E-state index in [9.17, 15) is 4.79 Å². The fourth-order valence-electron chi connectivity index (χ4n) is 4.04. The maximum absolute atomic E-state index is 13.4. The van der Waals surface area contributed by atoms with Gasteiger partial charge in [0, 0.05) is 29.2 Å². The van der Waals surface area contributed by atoms with Crippen molar-refractivity contribution in [1.29, 1.82) is 0 Å². The summed E-state index contributed by atoms with van der Waals surface area (Å²) in [5.41, 5.74) is 4.90. The number of aromatic nitrogens is 3. The van der Waals surface area contributed by atoms with Crippen LogP contribution in [-0.2, 0) is 6.54 Å². The van der Waals surface area contributed by atoms with E-state index < -0.39 is 0 Å². The van der Waals surface area contributed by atoms with Crippen LogP contribution in [0.25, 0.3) is 39.6 Å². The van der Waals surface area contributed by atoms with Gasteiger partial charge in [0.15, 0.2) is 0 Å². The van der Waals surface area contributed by atoms with Gasteiger partial charge in [-0.25, -0.2) is 4.98 Å². The van der Waals surface area contributed by atoms with Gasteiger partial charge in [-0.2, -0.15) is 0 Å². The van der Waals surface area contributed by atoms with Gasteiger partial charge in [0.25, 0.3) is 5.56 Å². The number of rotatable bonds is 4. The molecule has 4 heteroatoms. The first kappa shape index (κ1) is 19.1. The Bertz CT molecular complexity index is 1490. The number of benzene rings is 3. The number of nitrogens with zero attached hydrogens (tertiary/aromatic N) is 3. The normalized spacial score (nSPS) is 11.7. The van der Waals surface area contributed by atoms with Gasteiger partial charge in [0.05, 0.1) is 16.6 Å². The van der Waals surface area contributed by atoms with E-state index >= 15 is 0 Å². The van der Waals surface area contributed by atoms with Crippen LogP contribution in [-0.4, -0.2) is 14.1 Å². The van der Waals surface area contributed by atoms with Gasteiger partial charge in [0.1, 0.15) is 5.82 Å². The predicted octanol–water partition coefficient (Wildman–Crippen LogP) is 5.84. The average Bonchev–Trinajstić information content (AvgIpc) is 3.17. The Balaban J connectivity index is 1.72. The Hall–Kier alpha value is -3.92. The summed E-state index contributed by atoms with van der Waals surface area (Å²) >= 11 is 0. The molecule has 0 N–H and O–H groups in total. The number of fused-ring (bicyclic) bond motifs is 2. The summed E-state index contributed by atoms with van der Waals surface area (Å²) in [6.45, 7) is 5.08. The lowest BCUT2D eigenvalue weighted by Gasteiger charge is -2.11. The molecule has 0 unspecified atom stereocenters. The fourth-order valence-corrected chi connectivity index (χ4v) is 4.04. The molecule has 2 aromatic heterocycles. The third-order valence-electron chi connectivity index (χ3n) is 5.67. The highest BCUT2D eigenvalue weighted by Crippen LogP contribution is 2.24. The van der Waals surface area contributed by atoms with E-state index in [1.165, 1.54) is 10.9 Å². The van der Waals surface area contributed by atoms with Crippen LogP contribution >= 0.6 is 0 Å². The lowest BCUT2D eigenvalue weighted by atomic mass is 10.1. The molecule has 0 radical (unpaired) electrons. The summed E-state index contributed by atoms with van der Waals surface area (Å²) in [5.74, 6) is 0.612. The zero-order valence-electron chi connectivity index (χ0n) is 17.6. The minimum atomic E-state index is -0.0647. The summed E-state index contributed by atoms with van der Waals surface area (Å²) < 4.78 is 3.92. The third-order valence-corrected chi connectivity index (χ3v) is 5.67. The second-order valence-corrected chi connectivity index (χ2v) is 7.68. The molecule has 5 rings (SSSR count). The van der Waals surface area contributed by atoms with Gasteiger partial charge in [-0.1, -0.05) is 48.0 Å². The highest BCUT2D eigenvalue weighted by molar-refractivity contribution is 5.92. The van der Waals surface area contributed by atoms with Crippen LogP contribution in [0.3, 0.4) is 0 Å². The molecule has 0 aliphatic rings. The second kappa shape index (κ2) is 7.73. The van der Waals surface area contributed by atoms with Gasteiger partial charge in [0.2, 0.25) is 0 Å². The van der Waals surface area contributed by atoms with E-state index in [0.29, 0.717) is 16.7 Å². The van der Waals surface area contributed by atoms with Crippen molar-refractivity contribution < 1.29 is 0 Å². The van der Waals surface area contributed by atoms with Crippen LogP contribution < -0.4 is 5.56 Å². The summed E-state index contributed by atoms with van der Waals surface area (Å²) in [6, 6.07) is 23.8. The van der Waals surface area contributed by atoms with E-state index in [1.54, 1.807) is 4.57 Å². The molecule has 3 aromatic carbocycles. The Morgan fingerprint density at radius 3 is 2.35 bits per heavy atom. The molecule has 0 bridgehead atoms. The fraction of sp³-hybridized carbons (Fsp3) is 0.111. The van der Waals surface area contributed by atoms with Gasteiger partial charge in [-0.15, -0.1) is 0 Å². The molecule has 0 atom stereocenters. The minimum Gasteiger partial charge on any atom is -0.347 e. The molecule has 31 heavy (non-hydrogen) atoms. The molecule has 0 spiro atoms. The van der Waals surface area contributed by atoms with Crippen LogP contribution in [0, 0.1) is 6.92 Å². The van der Waals surface area contributed by atoms with Crippen LogP contribution in [0.15, 0.2) is 83.8 Å². The topological polar surface area (TPSA) is 39.8 Å². The van der Waals surface area contributed by atoms with Crippen LogP contribution in [0.5, 0.6) is 0 Å². The first-order valence-corrected chi connectivity index (χ1v) is 10.5. The second-order valence-electron chi connectivity index (χ2n) is 7.68. The number of para-hydroxylation sites is 2. The molecule has 152 valence electrons. The zero-order valence-corrected chi connectivity index (χ0v) is 17.6. The van der Waals surface area contributed by atoms with Gasteiger partial charge in [-0.3, -0.25) is 9.36 Å². The Kier molecular flexibility index (Phi) is 4.75. The molecule has 0 aliphatic carbocycles. The summed E-state index contributed by atoms with van der Waals surface area (Å²) in [7, 11) is 0. The molecule has 0 aliphatic heterocycles. The van der Waals surface area contributed by atoms with Crippen molar-refractivity contribution in [1.82, 2.24) is 14.1 Å². The standard InChI is InChI=1S/C27H23N3O/c1-3-29-18-20(22-8-5-7-11-25(22)29)14-17-26-28-24-10-6-4-9-23(24)27(31)30(26)21-15-12-19(2)13-16-21/h4-18H,3H2,1-2H3. The monoisotopic (exact) mass is 405 g/mol. The molecule has 0 saturated carbocycles. The Morgan fingerprint density at radius 2 is 1.58 bits per heavy atom. The van der Waals surface area contributed by atoms with E-state index in [1.807, 2.05) is 61.5 Å². The van der Waals surface area contributed by atoms with Crippen molar-refractivity contribution in [2.45, 2.75) is 20.4 Å². The number of aryl methyl sites for hydroxylation is 2. The quantitative estimate of drug-likeness (QED) is 0.377. The summed E-state index contributed by atoms with van der Waals surface area (Å²) in [6.07, 6.45) is 6.14. The molecule has 4 nitrogen and oxygen atoms in total. The van der Waals surface area contributed by atoms with Crippen LogP contribution in [0.2, 0.25) is 0 Å². The van der Waals surface area contributed by atoms with Gasteiger partial charge >= 0.3 is 0 Å². The summed E-state index contributed by atoms with van der Waals surface area (Å²) in [5, 5.41) is 1.80. The van der Waals surface area contributed by atoms with E-state index in [4.69, 9.17) is 4.98 Å². The first-order valence-electron chi connectivity index (χ1n) is 10.5. The molecular formula is C27H23N3O. The predicted molar refractivity (Wildman–Crippen MR) is 129 cm³/mol. The lowest BCUT2D eigenvalue weighted by molar-refractivity contribution is 0.797. The maximum Gasteiger partial charge on any atom is 0.266 e. The number of hydrogen-bond acceptors (Lipinski definition) is 2. The minimum absolute atomic E-state index is 0.0647. The molecule has 0 amide bonds. The number of hydrogen-bond donors (Lipinski definition) is 0. The first-order chi connectivity index (χ1) is 15.2. The van der Waals surface area contributed by atoms with Gasteiger partial charge < -0.3 is 4.57 Å². The van der Waals surface area contributed by atoms with Crippen molar-refractivity contribution in [2.24, 2.45) is 0 Å². The average molecular weight is 406 g/mol. The highest BCUT2D eigenvalue weighted by Gasteiger charge is 2.11. The summed E-state index contributed by atoms with van der Waals surface area (Å²) in [4.78, 5) is 18.2. The van der Waals surface area contributed by atoms with Crippen molar-refractivity contribution >= 4 is 34.0 Å². The largest absolute Gasteiger partial charge is 0.347 e. The van der Waals surface area contributed by atoms with E-state index in [-0.39, 0.29) is 5.56 Å². The van der Waals surface area contributed by atoms with Crippen molar-refractivity contribution in [3.8, 4) is 5.69 Å². The van der Waals surface area contributed by atoms with Crippen LogP contribution in [0.1, 0.15) is 23.9 Å². The van der Waals surface area contributed by atoms with E-state index in [0.717, 1.165) is 23.4 Å². The SMILES string of the molecule is CCn1cc(C=Cc2nc3ccccc3c(=O)n2-c2ccc(C)cc2)c2ccccc21. The van der Waals surface area contributed by atoms with Crippen molar-refractivity contribution in [3.63, 3.8) is 0 Å².